The molecule has 4 rings (SSSR count). The molecular formula is C33H43ClO8. The third-order valence-corrected chi connectivity index (χ3v) is 8.32. The van der Waals surface area contributed by atoms with Crippen molar-refractivity contribution in [2.75, 3.05) is 20.3 Å². The summed E-state index contributed by atoms with van der Waals surface area (Å²) in [5, 5.41) is -2.35. The van der Waals surface area contributed by atoms with Gasteiger partial charge in [-0.1, -0.05) is 48.9 Å². The molecule has 2 aliphatic heterocycles. The Balaban J connectivity index is 1.76. The molecule has 0 bridgehead atoms. The first-order valence-corrected chi connectivity index (χ1v) is 15.5. The van der Waals surface area contributed by atoms with E-state index in [4.69, 9.17) is 40.0 Å². The summed E-state index contributed by atoms with van der Waals surface area (Å²) in [6.07, 6.45) is 13.4. The first-order valence-electron chi connectivity index (χ1n) is 15.1. The van der Waals surface area contributed by atoms with Gasteiger partial charge in [0.1, 0.15) is 11.5 Å². The zero-order valence-electron chi connectivity index (χ0n) is 24.6. The van der Waals surface area contributed by atoms with Crippen LogP contribution in [-0.4, -0.2) is 55.5 Å². The number of halogens is 1. The molecule has 0 radical (unpaired) electrons. The van der Waals surface area contributed by atoms with Crippen molar-refractivity contribution >= 4 is 23.4 Å². The van der Waals surface area contributed by atoms with Gasteiger partial charge >= 0.3 is 11.0 Å². The van der Waals surface area contributed by atoms with Gasteiger partial charge in [0.2, 0.25) is 0 Å². The van der Waals surface area contributed by atoms with Gasteiger partial charge in [0.15, 0.2) is 12.6 Å². The lowest BCUT2D eigenvalue weighted by atomic mass is 9.91. The second-order valence-electron chi connectivity index (χ2n) is 10.9. The first kappa shape index (κ1) is 32.5. The zero-order chi connectivity index (χ0) is 29.8. The minimum Gasteiger partial charge on any atom is -0.465 e. The van der Waals surface area contributed by atoms with Crippen LogP contribution in [0.3, 0.4) is 0 Å². The zero-order valence-corrected chi connectivity index (χ0v) is 25.4. The normalized spacial score (nSPS) is 27.5. The van der Waals surface area contributed by atoms with E-state index in [-0.39, 0.29) is 17.6 Å². The quantitative estimate of drug-likeness (QED) is 0.0818. The largest absolute Gasteiger partial charge is 0.465 e. The molecule has 3 aliphatic rings. The van der Waals surface area contributed by atoms with E-state index in [0.717, 1.165) is 38.5 Å². The standard InChI is InChI=1S/C33H43ClO8/c1-3-4-14-25-20-21-28(35)27(25)17-8-11-22-32(41-29-18-9-12-23-38-29,42-30-19-10-13-24-39-30)33(34,31(36)37-2)40-26-15-6-5-7-16-26/h4-8,14-16,22,25,27,29-30H,3,9-10,12-13,17-21,23-24H2,1-2H3/b14-4+/t11?,25-,27+,29?,30?,32?,33?/m0/s1/i41+0,42+0. The maximum absolute atomic E-state index is 13.6. The molecule has 5 atom stereocenters. The number of para-hydroxylation sites is 1. The van der Waals surface area contributed by atoms with Crippen molar-refractivity contribution in [2.45, 2.75) is 94.6 Å². The van der Waals surface area contributed by atoms with Gasteiger partial charge in [0, 0.05) is 31.6 Å². The number of alkyl halides is 1. The molecule has 9 heteroatoms. The maximum atomic E-state index is 13.6. The highest BCUT2D eigenvalue weighted by molar-refractivity contribution is 6.34. The molecule has 2 saturated heterocycles. The summed E-state index contributed by atoms with van der Waals surface area (Å²) in [7, 11) is 1.22. The monoisotopic (exact) mass is 602 g/mol. The average molecular weight is 603 g/mol. The third-order valence-electron chi connectivity index (χ3n) is 7.82. The second-order valence-corrected chi connectivity index (χ2v) is 11.4. The van der Waals surface area contributed by atoms with Crippen LogP contribution >= 0.6 is 11.6 Å². The van der Waals surface area contributed by atoms with Gasteiger partial charge in [-0.05, 0) is 81.9 Å². The summed E-state index contributed by atoms with van der Waals surface area (Å²) >= 11 is 7.19. The van der Waals surface area contributed by atoms with Gasteiger partial charge in [-0.15, -0.1) is 5.73 Å². The number of allylic oxidation sites excluding steroid dienone is 2. The number of ketones is 1. The van der Waals surface area contributed by atoms with E-state index in [2.05, 4.69) is 24.8 Å². The highest BCUT2D eigenvalue weighted by Crippen LogP contribution is 2.43. The highest BCUT2D eigenvalue weighted by atomic mass is 35.5. The van der Waals surface area contributed by atoms with Gasteiger partial charge in [-0.2, -0.15) is 0 Å². The van der Waals surface area contributed by atoms with E-state index >= 15 is 0 Å². The summed E-state index contributed by atoms with van der Waals surface area (Å²) < 4.78 is 36.2. The Morgan fingerprint density at radius 3 is 2.29 bits per heavy atom. The smallest absolute Gasteiger partial charge is 0.372 e. The minimum atomic E-state index is -2.35. The van der Waals surface area contributed by atoms with Crippen molar-refractivity contribution in [3.05, 3.63) is 60.4 Å². The molecule has 0 N–H and O–H groups in total. The Labute approximate surface area is 254 Å². The van der Waals surface area contributed by atoms with E-state index in [0.29, 0.717) is 44.6 Å². The fourth-order valence-corrected chi connectivity index (χ4v) is 5.83. The van der Waals surface area contributed by atoms with Gasteiger partial charge in [-0.25, -0.2) is 4.79 Å². The predicted octanol–water partition coefficient (Wildman–Crippen LogP) is 6.62. The summed E-state index contributed by atoms with van der Waals surface area (Å²) in [5.41, 5.74) is 3.14. The molecule has 230 valence electrons. The van der Waals surface area contributed by atoms with Crippen LogP contribution in [0, 0.1) is 11.8 Å². The number of carbonyl (C=O) groups is 2. The Morgan fingerprint density at radius 1 is 1.05 bits per heavy atom. The number of esters is 1. The Hall–Kier alpha value is -2.45. The highest BCUT2D eigenvalue weighted by Gasteiger charge is 2.63. The topological polar surface area (TPSA) is 89.5 Å². The number of benzene rings is 1. The van der Waals surface area contributed by atoms with Crippen LogP contribution in [0.15, 0.2) is 60.4 Å². The average Bonchev–Trinajstić information content (AvgIpc) is 3.37. The number of carbonyl (C=O) groups excluding carboxylic acids is 2. The van der Waals surface area contributed by atoms with E-state index in [1.807, 2.05) is 6.07 Å². The van der Waals surface area contributed by atoms with E-state index < -0.39 is 29.4 Å². The molecule has 1 aromatic carbocycles. The molecule has 0 aromatic heterocycles. The first-order chi connectivity index (χ1) is 20.4. The van der Waals surface area contributed by atoms with Crippen LogP contribution in [0.4, 0.5) is 0 Å². The Morgan fingerprint density at radius 2 is 1.71 bits per heavy atom. The number of hydrogen-bond acceptors (Lipinski definition) is 8. The predicted molar refractivity (Wildman–Crippen MR) is 158 cm³/mol. The van der Waals surface area contributed by atoms with E-state index in [9.17, 15) is 9.59 Å². The number of methoxy groups -OCH3 is 1. The molecule has 1 aliphatic carbocycles. The molecular weight excluding hydrogens is 560 g/mol. The summed E-state index contributed by atoms with van der Waals surface area (Å²) in [6, 6.07) is 8.70. The summed E-state index contributed by atoms with van der Waals surface area (Å²) in [6.45, 7) is 3.06. The molecule has 3 fully saturated rings. The number of rotatable bonds is 13. The van der Waals surface area contributed by atoms with Crippen molar-refractivity contribution in [2.24, 2.45) is 11.8 Å². The van der Waals surface area contributed by atoms with Crippen molar-refractivity contribution in [3.63, 3.8) is 0 Å². The van der Waals surface area contributed by atoms with E-state index in [1.54, 1.807) is 30.3 Å². The molecule has 2 heterocycles. The van der Waals surface area contributed by atoms with Gasteiger partial charge in [-0.3, -0.25) is 4.79 Å². The summed E-state index contributed by atoms with van der Waals surface area (Å²) in [4.78, 5) is 26.2. The molecule has 0 spiro atoms. The molecule has 8 nitrogen and oxygen atoms in total. The molecule has 3 unspecified atom stereocenters. The van der Waals surface area contributed by atoms with Crippen molar-refractivity contribution in [3.8, 4) is 5.75 Å². The number of Topliss-reactive ketones (excluding diaryl/α,β-unsaturated/α-hetero) is 1. The SMILES string of the molecule is CC/C=C/[C@H]1CCC(=O)[C@@H]1CC=C=CC([16O]C1CCCCO1)([16O]C1CCCCO1)C(Cl)(Oc1ccccc1)C(=O)OC. The Bertz CT molecular complexity index is 1080. The minimum absolute atomic E-state index is 0.143. The van der Waals surface area contributed by atoms with Crippen LogP contribution < -0.4 is 4.74 Å². The van der Waals surface area contributed by atoms with Crippen molar-refractivity contribution < 1.29 is 38.0 Å². The number of ether oxygens (including phenoxy) is 6. The van der Waals surface area contributed by atoms with Crippen LogP contribution in [0.2, 0.25) is 0 Å². The van der Waals surface area contributed by atoms with Gasteiger partial charge in [0.25, 0.3) is 5.79 Å². The molecule has 0 amide bonds. The van der Waals surface area contributed by atoms with Gasteiger partial charge < -0.3 is 28.4 Å². The molecule has 42 heavy (non-hydrogen) atoms. The van der Waals surface area contributed by atoms with Gasteiger partial charge in [0.05, 0.1) is 7.11 Å². The molecule has 1 saturated carbocycles. The van der Waals surface area contributed by atoms with Crippen molar-refractivity contribution in [1.29, 1.82) is 0 Å². The van der Waals surface area contributed by atoms with E-state index in [1.165, 1.54) is 13.2 Å². The van der Waals surface area contributed by atoms with Crippen LogP contribution in [0.25, 0.3) is 0 Å². The van der Waals surface area contributed by atoms with Crippen LogP contribution in [0.1, 0.15) is 71.1 Å². The molecule has 1 aromatic rings. The fraction of sp³-hybridized carbons (Fsp3) is 0.606. The number of hydrogen-bond donors (Lipinski definition) is 0. The van der Waals surface area contributed by atoms with Crippen LogP contribution in [0.5, 0.6) is 5.75 Å². The fourth-order valence-electron chi connectivity index (χ4n) is 5.52. The summed E-state index contributed by atoms with van der Waals surface area (Å²) in [5.74, 6) is -2.41. The van der Waals surface area contributed by atoms with Crippen molar-refractivity contribution in [1.82, 2.24) is 0 Å². The second kappa shape index (κ2) is 15.9. The third kappa shape index (κ3) is 8.13. The Kier molecular flexibility index (Phi) is 12.3. The lowest BCUT2D eigenvalue weighted by Gasteiger charge is -2.44. The van der Waals surface area contributed by atoms with Crippen LogP contribution in [-0.2, 0) is 33.3 Å². The lowest BCUT2D eigenvalue weighted by molar-refractivity contribution is -0.365. The maximum Gasteiger partial charge on any atom is 0.372 e. The lowest BCUT2D eigenvalue weighted by Crippen LogP contribution is -2.64.